The largest absolute Gasteiger partial charge is 0.339 e. The van der Waals surface area contributed by atoms with Gasteiger partial charge in [0.15, 0.2) is 0 Å². The highest BCUT2D eigenvalue weighted by Crippen LogP contribution is 2.19. The summed E-state index contributed by atoms with van der Waals surface area (Å²) < 4.78 is 24.0. The molecule has 1 amide bonds. The van der Waals surface area contributed by atoms with E-state index in [1.807, 2.05) is 13.8 Å². The molecular formula is C14H23ClN4O3S. The van der Waals surface area contributed by atoms with Crippen molar-refractivity contribution in [3.05, 3.63) is 16.4 Å². The first-order valence-electron chi connectivity index (χ1n) is 7.55. The molecule has 1 saturated heterocycles. The van der Waals surface area contributed by atoms with Gasteiger partial charge in [0.25, 0.3) is 0 Å². The molecule has 2 rings (SSSR count). The number of sulfone groups is 1. The van der Waals surface area contributed by atoms with E-state index in [4.69, 9.17) is 11.6 Å². The number of halogens is 1. The Morgan fingerprint density at radius 2 is 1.83 bits per heavy atom. The van der Waals surface area contributed by atoms with Crippen molar-refractivity contribution in [3.8, 4) is 0 Å². The van der Waals surface area contributed by atoms with Gasteiger partial charge in [0, 0.05) is 39.0 Å². The molecule has 1 aromatic heterocycles. The van der Waals surface area contributed by atoms with Gasteiger partial charge in [-0.05, 0) is 13.8 Å². The summed E-state index contributed by atoms with van der Waals surface area (Å²) in [6, 6.07) is 0. The molecule has 0 saturated carbocycles. The first-order valence-corrected chi connectivity index (χ1v) is 9.98. The van der Waals surface area contributed by atoms with Crippen molar-refractivity contribution in [3.63, 3.8) is 0 Å². The standard InChI is InChI=1S/C14H23ClN4O3S/c1-11-14(15)12(2)19(16-11)10-13(20)18-6-4-17(5-7-18)8-9-23(3,21)22/h4-10H2,1-3H3. The quantitative estimate of drug-likeness (QED) is 0.755. The van der Waals surface area contributed by atoms with E-state index < -0.39 is 9.84 Å². The summed E-state index contributed by atoms with van der Waals surface area (Å²) in [6.07, 6.45) is 1.24. The molecule has 0 atom stereocenters. The second-order valence-corrected chi connectivity index (χ2v) is 8.63. The molecule has 0 spiro atoms. The lowest BCUT2D eigenvalue weighted by Crippen LogP contribution is -2.50. The van der Waals surface area contributed by atoms with Gasteiger partial charge in [-0.15, -0.1) is 0 Å². The van der Waals surface area contributed by atoms with Crippen LogP contribution >= 0.6 is 11.6 Å². The van der Waals surface area contributed by atoms with Crippen LogP contribution in [0, 0.1) is 13.8 Å². The Labute approximate surface area is 142 Å². The Kier molecular flexibility index (Phi) is 5.70. The molecule has 130 valence electrons. The summed E-state index contributed by atoms with van der Waals surface area (Å²) in [4.78, 5) is 16.2. The first kappa shape index (κ1) is 18.2. The third-order valence-corrected chi connectivity index (χ3v) is 5.55. The van der Waals surface area contributed by atoms with Crippen molar-refractivity contribution >= 4 is 27.3 Å². The van der Waals surface area contributed by atoms with Crippen LogP contribution in [0.3, 0.4) is 0 Å². The Morgan fingerprint density at radius 3 is 2.30 bits per heavy atom. The lowest BCUT2D eigenvalue weighted by molar-refractivity contribution is -0.133. The zero-order valence-corrected chi connectivity index (χ0v) is 15.3. The molecule has 23 heavy (non-hydrogen) atoms. The molecule has 9 heteroatoms. The lowest BCUT2D eigenvalue weighted by Gasteiger charge is -2.34. The van der Waals surface area contributed by atoms with Gasteiger partial charge in [-0.3, -0.25) is 14.4 Å². The number of rotatable bonds is 5. The van der Waals surface area contributed by atoms with Crippen LogP contribution in [0.5, 0.6) is 0 Å². The third kappa shape index (κ3) is 4.92. The van der Waals surface area contributed by atoms with Crippen molar-refractivity contribution in [1.82, 2.24) is 19.6 Å². The second kappa shape index (κ2) is 7.19. The number of hydrogen-bond donors (Lipinski definition) is 0. The highest BCUT2D eigenvalue weighted by atomic mass is 35.5. The number of aromatic nitrogens is 2. The predicted octanol–water partition coefficient (Wildman–Crippen LogP) is 0.342. The minimum Gasteiger partial charge on any atom is -0.339 e. The maximum absolute atomic E-state index is 12.4. The van der Waals surface area contributed by atoms with E-state index in [0.29, 0.717) is 37.7 Å². The summed E-state index contributed by atoms with van der Waals surface area (Å²) in [5, 5.41) is 4.88. The highest BCUT2D eigenvalue weighted by molar-refractivity contribution is 7.90. The summed E-state index contributed by atoms with van der Waals surface area (Å²) in [7, 11) is -2.95. The maximum atomic E-state index is 12.4. The number of carbonyl (C=O) groups is 1. The van der Waals surface area contributed by atoms with Crippen LogP contribution in [-0.4, -0.2) is 78.6 Å². The minimum atomic E-state index is -2.95. The highest BCUT2D eigenvalue weighted by Gasteiger charge is 2.23. The number of amides is 1. The van der Waals surface area contributed by atoms with Gasteiger partial charge in [0.05, 0.1) is 22.2 Å². The number of aryl methyl sites for hydroxylation is 1. The average molecular weight is 363 g/mol. The molecule has 7 nitrogen and oxygen atoms in total. The van der Waals surface area contributed by atoms with E-state index >= 15 is 0 Å². The van der Waals surface area contributed by atoms with Crippen molar-refractivity contribution in [2.24, 2.45) is 0 Å². The van der Waals surface area contributed by atoms with Gasteiger partial charge in [0.2, 0.25) is 5.91 Å². The summed E-state index contributed by atoms with van der Waals surface area (Å²) >= 11 is 6.09. The smallest absolute Gasteiger partial charge is 0.244 e. The van der Waals surface area contributed by atoms with E-state index in [0.717, 1.165) is 11.4 Å². The van der Waals surface area contributed by atoms with E-state index in [-0.39, 0.29) is 18.2 Å². The molecule has 1 aliphatic heterocycles. The molecule has 0 N–H and O–H groups in total. The fourth-order valence-corrected chi connectivity index (χ4v) is 3.30. The number of carbonyl (C=O) groups excluding carboxylic acids is 1. The zero-order chi connectivity index (χ0) is 17.2. The Bertz CT molecular complexity index is 678. The molecule has 1 aromatic rings. The van der Waals surface area contributed by atoms with E-state index in [9.17, 15) is 13.2 Å². The maximum Gasteiger partial charge on any atom is 0.244 e. The fraction of sp³-hybridized carbons (Fsp3) is 0.714. The summed E-state index contributed by atoms with van der Waals surface area (Å²) in [5.74, 6) is 0.167. The van der Waals surface area contributed by atoms with Crippen LogP contribution in [0.2, 0.25) is 5.02 Å². The third-order valence-electron chi connectivity index (χ3n) is 4.08. The molecule has 1 fully saturated rings. The lowest BCUT2D eigenvalue weighted by atomic mass is 10.3. The zero-order valence-electron chi connectivity index (χ0n) is 13.7. The number of nitrogens with zero attached hydrogens (tertiary/aromatic N) is 4. The van der Waals surface area contributed by atoms with Gasteiger partial charge < -0.3 is 4.90 Å². The average Bonchev–Trinajstić information content (AvgIpc) is 2.72. The Balaban J connectivity index is 1.85. The topological polar surface area (TPSA) is 75.5 Å². The van der Waals surface area contributed by atoms with Gasteiger partial charge in [0.1, 0.15) is 16.4 Å². The number of hydrogen-bond acceptors (Lipinski definition) is 5. The van der Waals surface area contributed by atoms with Gasteiger partial charge in [-0.1, -0.05) is 11.6 Å². The predicted molar refractivity (Wildman–Crippen MR) is 89.4 cm³/mol. The number of piperazine rings is 1. The van der Waals surface area contributed by atoms with Crippen LogP contribution < -0.4 is 0 Å². The van der Waals surface area contributed by atoms with Gasteiger partial charge in [-0.2, -0.15) is 5.10 Å². The minimum absolute atomic E-state index is 0.00929. The Morgan fingerprint density at radius 1 is 1.22 bits per heavy atom. The van der Waals surface area contributed by atoms with Crippen molar-refractivity contribution in [1.29, 1.82) is 0 Å². The van der Waals surface area contributed by atoms with E-state index in [2.05, 4.69) is 10.00 Å². The summed E-state index contributed by atoms with van der Waals surface area (Å²) in [5.41, 5.74) is 1.52. The second-order valence-electron chi connectivity index (χ2n) is 5.99. The molecule has 0 aromatic carbocycles. The normalized spacial score (nSPS) is 16.8. The van der Waals surface area contributed by atoms with Crippen molar-refractivity contribution < 1.29 is 13.2 Å². The molecule has 0 radical (unpaired) electrons. The molecule has 0 bridgehead atoms. The molecule has 0 unspecified atom stereocenters. The van der Waals surface area contributed by atoms with E-state index in [1.54, 1.807) is 9.58 Å². The molecule has 2 heterocycles. The molecule has 1 aliphatic rings. The first-order chi connectivity index (χ1) is 10.7. The Hall–Kier alpha value is -1.12. The van der Waals surface area contributed by atoms with Crippen LogP contribution in [0.1, 0.15) is 11.4 Å². The van der Waals surface area contributed by atoms with Gasteiger partial charge in [-0.25, -0.2) is 8.42 Å². The van der Waals surface area contributed by atoms with Crippen molar-refractivity contribution in [2.45, 2.75) is 20.4 Å². The monoisotopic (exact) mass is 362 g/mol. The SMILES string of the molecule is Cc1nn(CC(=O)N2CCN(CCS(C)(=O)=O)CC2)c(C)c1Cl. The van der Waals surface area contributed by atoms with Crippen LogP contribution in [-0.2, 0) is 21.2 Å². The van der Waals surface area contributed by atoms with Crippen LogP contribution in [0.25, 0.3) is 0 Å². The molecular weight excluding hydrogens is 340 g/mol. The van der Waals surface area contributed by atoms with Crippen LogP contribution in [0.15, 0.2) is 0 Å². The molecule has 0 aliphatic carbocycles. The van der Waals surface area contributed by atoms with Crippen LogP contribution in [0.4, 0.5) is 0 Å². The van der Waals surface area contributed by atoms with Gasteiger partial charge >= 0.3 is 0 Å². The fourth-order valence-electron chi connectivity index (χ4n) is 2.57. The van der Waals surface area contributed by atoms with Crippen molar-refractivity contribution in [2.75, 3.05) is 44.7 Å². The van der Waals surface area contributed by atoms with E-state index in [1.165, 1.54) is 6.26 Å². The summed E-state index contributed by atoms with van der Waals surface area (Å²) in [6.45, 7) is 6.97.